The van der Waals surface area contributed by atoms with E-state index in [1.165, 1.54) is 0 Å². The van der Waals surface area contributed by atoms with E-state index >= 15 is 0 Å². The van der Waals surface area contributed by atoms with Gasteiger partial charge in [-0.1, -0.05) is 20.8 Å². The molecular weight excluding hydrogens is 192 g/mol. The van der Waals surface area contributed by atoms with Crippen molar-refractivity contribution in [3.8, 4) is 0 Å². The monoisotopic (exact) mass is 214 g/mol. The lowest BCUT2D eigenvalue weighted by Crippen LogP contribution is -2.61. The number of nitrogens with one attached hydrogen (secondary N) is 1. The van der Waals surface area contributed by atoms with E-state index in [1.54, 1.807) is 0 Å². The Labute approximate surface area is 91.2 Å². The Morgan fingerprint density at radius 2 is 2.27 bits per heavy atom. The molecule has 3 atom stereocenters. The molecule has 88 valence electrons. The van der Waals surface area contributed by atoms with Crippen molar-refractivity contribution >= 4 is 5.91 Å². The first-order chi connectivity index (χ1) is 6.89. The molecule has 0 spiro atoms. The van der Waals surface area contributed by atoms with Crippen molar-refractivity contribution < 1.29 is 9.90 Å². The molecule has 3 unspecified atom stereocenters. The maximum atomic E-state index is 11.7. The van der Waals surface area contributed by atoms with E-state index in [1.807, 2.05) is 20.8 Å². The molecule has 1 fully saturated rings. The van der Waals surface area contributed by atoms with Crippen molar-refractivity contribution in [1.82, 2.24) is 5.32 Å². The van der Waals surface area contributed by atoms with Crippen molar-refractivity contribution in [2.24, 2.45) is 17.1 Å². The van der Waals surface area contributed by atoms with E-state index < -0.39 is 0 Å². The lowest BCUT2D eigenvalue weighted by molar-refractivity contribution is -0.132. The maximum absolute atomic E-state index is 11.7. The van der Waals surface area contributed by atoms with Crippen LogP contribution < -0.4 is 11.1 Å². The average molecular weight is 214 g/mol. The number of carbonyl (C=O) groups excluding carboxylic acids is 1. The van der Waals surface area contributed by atoms with Crippen LogP contribution in [-0.2, 0) is 4.79 Å². The van der Waals surface area contributed by atoms with Crippen molar-refractivity contribution in [3.63, 3.8) is 0 Å². The van der Waals surface area contributed by atoms with Crippen molar-refractivity contribution in [2.75, 3.05) is 6.54 Å². The Morgan fingerprint density at radius 3 is 2.67 bits per heavy atom. The molecule has 0 radical (unpaired) electrons. The Kier molecular flexibility index (Phi) is 3.73. The molecule has 1 aliphatic rings. The third-order valence-corrected chi connectivity index (χ3v) is 3.58. The van der Waals surface area contributed by atoms with Crippen LogP contribution in [0.2, 0.25) is 0 Å². The second-order valence-corrected chi connectivity index (χ2v) is 5.11. The molecule has 0 aliphatic heterocycles. The third kappa shape index (κ3) is 2.49. The summed E-state index contributed by atoms with van der Waals surface area (Å²) in [7, 11) is 0. The molecule has 1 aliphatic carbocycles. The summed E-state index contributed by atoms with van der Waals surface area (Å²) in [6, 6.07) is 0.0974. The minimum atomic E-state index is -0.299. The van der Waals surface area contributed by atoms with Crippen LogP contribution in [-0.4, -0.2) is 29.7 Å². The Hall–Kier alpha value is -0.610. The van der Waals surface area contributed by atoms with Gasteiger partial charge in [0.05, 0.1) is 6.10 Å². The third-order valence-electron chi connectivity index (χ3n) is 3.58. The van der Waals surface area contributed by atoms with Crippen molar-refractivity contribution in [2.45, 2.75) is 45.8 Å². The van der Waals surface area contributed by atoms with Gasteiger partial charge in [0.25, 0.3) is 0 Å². The summed E-state index contributed by atoms with van der Waals surface area (Å²) in [6.07, 6.45) is 1.07. The fourth-order valence-corrected chi connectivity index (χ4v) is 1.84. The quantitative estimate of drug-likeness (QED) is 0.628. The van der Waals surface area contributed by atoms with Gasteiger partial charge in [-0.2, -0.15) is 0 Å². The lowest BCUT2D eigenvalue weighted by Gasteiger charge is -2.49. The lowest BCUT2D eigenvalue weighted by atomic mass is 9.64. The zero-order chi connectivity index (χ0) is 11.6. The fraction of sp³-hybridized carbons (Fsp3) is 0.909. The summed E-state index contributed by atoms with van der Waals surface area (Å²) in [5.74, 6) is 0.00830. The molecular formula is C11H22N2O2. The van der Waals surface area contributed by atoms with E-state index in [2.05, 4.69) is 5.32 Å². The van der Waals surface area contributed by atoms with Crippen molar-refractivity contribution in [1.29, 1.82) is 0 Å². The summed E-state index contributed by atoms with van der Waals surface area (Å²) in [5, 5.41) is 12.5. The number of aliphatic hydroxyl groups is 1. The molecule has 0 heterocycles. The summed E-state index contributed by atoms with van der Waals surface area (Å²) >= 11 is 0. The van der Waals surface area contributed by atoms with Crippen LogP contribution in [0.5, 0.6) is 0 Å². The minimum absolute atomic E-state index is 0.0384. The predicted molar refractivity (Wildman–Crippen MR) is 59.2 cm³/mol. The molecule has 0 aromatic carbocycles. The molecule has 1 rings (SSSR count). The standard InChI is InChI=1S/C11H22N2O2/c1-7(4-5-12)10(15)13-8-6-9(14)11(8,2)3/h7-9,14H,4-6,12H2,1-3H3,(H,13,15). The zero-order valence-corrected chi connectivity index (χ0v) is 9.79. The molecule has 4 nitrogen and oxygen atoms in total. The van der Waals surface area contributed by atoms with Gasteiger partial charge in [0.2, 0.25) is 5.91 Å². The molecule has 4 heteroatoms. The molecule has 1 amide bonds. The highest BCUT2D eigenvalue weighted by atomic mass is 16.3. The van der Waals surface area contributed by atoms with Gasteiger partial charge in [-0.25, -0.2) is 0 Å². The van der Waals surface area contributed by atoms with Crippen molar-refractivity contribution in [3.05, 3.63) is 0 Å². The van der Waals surface area contributed by atoms with Gasteiger partial charge in [-0.3, -0.25) is 4.79 Å². The SMILES string of the molecule is CC(CCN)C(=O)NC1CC(O)C1(C)C. The summed E-state index contributed by atoms with van der Waals surface area (Å²) in [5.41, 5.74) is 5.20. The van der Waals surface area contributed by atoms with E-state index in [0.29, 0.717) is 19.4 Å². The predicted octanol–water partition coefficient (Wildman–Crippen LogP) is 0.247. The number of aliphatic hydroxyl groups excluding tert-OH is 1. The number of nitrogens with two attached hydrogens (primary N) is 1. The number of hydrogen-bond donors (Lipinski definition) is 3. The van der Waals surface area contributed by atoms with Gasteiger partial charge in [-0.15, -0.1) is 0 Å². The molecule has 15 heavy (non-hydrogen) atoms. The van der Waals surface area contributed by atoms with E-state index in [9.17, 15) is 9.90 Å². The average Bonchev–Trinajstić information content (AvgIpc) is 2.17. The first kappa shape index (κ1) is 12.5. The van der Waals surface area contributed by atoms with Crippen LogP contribution in [0.3, 0.4) is 0 Å². The van der Waals surface area contributed by atoms with Crippen LogP contribution in [0, 0.1) is 11.3 Å². The highest BCUT2D eigenvalue weighted by Gasteiger charge is 2.48. The molecule has 4 N–H and O–H groups in total. The number of amides is 1. The Morgan fingerprint density at radius 1 is 1.67 bits per heavy atom. The number of hydrogen-bond acceptors (Lipinski definition) is 3. The summed E-state index contributed by atoms with van der Waals surface area (Å²) in [4.78, 5) is 11.7. The van der Waals surface area contributed by atoms with E-state index in [-0.39, 0.29) is 29.4 Å². The Bertz CT molecular complexity index is 241. The molecule has 0 saturated heterocycles. The number of carbonyl (C=O) groups is 1. The summed E-state index contributed by atoms with van der Waals surface area (Å²) in [6.45, 7) is 6.36. The highest BCUT2D eigenvalue weighted by molar-refractivity contribution is 5.78. The van der Waals surface area contributed by atoms with Gasteiger partial charge in [0.1, 0.15) is 0 Å². The molecule has 0 aromatic heterocycles. The molecule has 0 aromatic rings. The smallest absolute Gasteiger partial charge is 0.223 e. The zero-order valence-electron chi connectivity index (χ0n) is 9.79. The van der Waals surface area contributed by atoms with Crippen LogP contribution in [0.1, 0.15) is 33.6 Å². The van der Waals surface area contributed by atoms with Gasteiger partial charge >= 0.3 is 0 Å². The van der Waals surface area contributed by atoms with Crippen LogP contribution in [0.4, 0.5) is 0 Å². The first-order valence-corrected chi connectivity index (χ1v) is 5.58. The molecule has 0 bridgehead atoms. The minimum Gasteiger partial charge on any atom is -0.392 e. The Balaban J connectivity index is 2.40. The van der Waals surface area contributed by atoms with E-state index in [4.69, 9.17) is 5.73 Å². The van der Waals surface area contributed by atoms with Gasteiger partial charge in [0.15, 0.2) is 0 Å². The van der Waals surface area contributed by atoms with Gasteiger partial charge in [0, 0.05) is 17.4 Å². The normalized spacial score (nSPS) is 30.5. The van der Waals surface area contributed by atoms with Crippen LogP contribution >= 0.6 is 0 Å². The second kappa shape index (κ2) is 4.49. The largest absolute Gasteiger partial charge is 0.392 e. The van der Waals surface area contributed by atoms with E-state index in [0.717, 1.165) is 0 Å². The van der Waals surface area contributed by atoms with Crippen LogP contribution in [0.25, 0.3) is 0 Å². The fourth-order valence-electron chi connectivity index (χ4n) is 1.84. The van der Waals surface area contributed by atoms with Gasteiger partial charge in [-0.05, 0) is 19.4 Å². The topological polar surface area (TPSA) is 75.4 Å². The number of rotatable bonds is 4. The summed E-state index contributed by atoms with van der Waals surface area (Å²) < 4.78 is 0. The second-order valence-electron chi connectivity index (χ2n) is 5.11. The van der Waals surface area contributed by atoms with Gasteiger partial charge < -0.3 is 16.2 Å². The first-order valence-electron chi connectivity index (χ1n) is 5.58. The molecule has 1 saturated carbocycles. The highest BCUT2D eigenvalue weighted by Crippen LogP contribution is 2.40. The maximum Gasteiger partial charge on any atom is 0.223 e. The van der Waals surface area contributed by atoms with Crippen LogP contribution in [0.15, 0.2) is 0 Å².